The summed E-state index contributed by atoms with van der Waals surface area (Å²) in [5, 5.41) is 10.5. The second kappa shape index (κ2) is 5.45. The third kappa shape index (κ3) is 2.96. The van der Waals surface area contributed by atoms with Crippen LogP contribution in [-0.2, 0) is 10.0 Å². The minimum atomic E-state index is -3.80. The molecule has 1 aromatic rings. The molecule has 110 valence electrons. The first-order valence-corrected chi connectivity index (χ1v) is 7.74. The number of nitro groups is 1. The SMILES string of the molecule is CCN(CC1CC1)S(=O)(=O)c1ccc([N+](=O)[O-])c(F)c1. The Morgan fingerprint density at radius 1 is 1.45 bits per heavy atom. The van der Waals surface area contributed by atoms with Gasteiger partial charge in [-0.05, 0) is 24.8 Å². The average Bonchev–Trinajstić information content (AvgIpc) is 3.19. The number of halogens is 1. The van der Waals surface area contributed by atoms with Gasteiger partial charge in [-0.3, -0.25) is 10.1 Å². The number of benzene rings is 1. The average molecular weight is 302 g/mol. The Labute approximate surface area is 116 Å². The van der Waals surface area contributed by atoms with Crippen molar-refractivity contribution in [3.63, 3.8) is 0 Å². The molecule has 0 bridgehead atoms. The van der Waals surface area contributed by atoms with E-state index in [1.54, 1.807) is 6.92 Å². The van der Waals surface area contributed by atoms with Crippen LogP contribution in [0.4, 0.5) is 10.1 Å². The second-order valence-corrected chi connectivity index (χ2v) is 6.71. The van der Waals surface area contributed by atoms with Crippen molar-refractivity contribution < 1.29 is 17.7 Å². The third-order valence-corrected chi connectivity index (χ3v) is 5.20. The number of hydrogen-bond acceptors (Lipinski definition) is 4. The monoisotopic (exact) mass is 302 g/mol. The molecule has 0 aliphatic heterocycles. The molecule has 0 aromatic heterocycles. The molecule has 0 heterocycles. The van der Waals surface area contributed by atoms with Gasteiger partial charge in [-0.15, -0.1) is 0 Å². The van der Waals surface area contributed by atoms with Crippen LogP contribution in [0.3, 0.4) is 0 Å². The number of hydrogen-bond donors (Lipinski definition) is 0. The molecule has 0 amide bonds. The van der Waals surface area contributed by atoms with Crippen LogP contribution < -0.4 is 0 Å². The molecule has 0 spiro atoms. The first kappa shape index (κ1) is 14.9. The highest BCUT2D eigenvalue weighted by Gasteiger charge is 2.31. The minimum Gasteiger partial charge on any atom is -0.258 e. The fourth-order valence-electron chi connectivity index (χ4n) is 1.93. The zero-order chi connectivity index (χ0) is 14.9. The molecule has 0 N–H and O–H groups in total. The highest BCUT2D eigenvalue weighted by Crippen LogP contribution is 2.32. The molecule has 2 rings (SSSR count). The van der Waals surface area contributed by atoms with Gasteiger partial charge >= 0.3 is 5.69 Å². The van der Waals surface area contributed by atoms with Crippen molar-refractivity contribution in [1.82, 2.24) is 4.31 Å². The Kier molecular flexibility index (Phi) is 4.05. The van der Waals surface area contributed by atoms with E-state index in [4.69, 9.17) is 0 Å². The minimum absolute atomic E-state index is 0.247. The molecule has 6 nitrogen and oxygen atoms in total. The Morgan fingerprint density at radius 2 is 2.10 bits per heavy atom. The molecule has 20 heavy (non-hydrogen) atoms. The van der Waals surface area contributed by atoms with E-state index in [1.807, 2.05) is 0 Å². The van der Waals surface area contributed by atoms with E-state index < -0.39 is 26.5 Å². The molecule has 1 aromatic carbocycles. The highest BCUT2D eigenvalue weighted by atomic mass is 32.2. The lowest BCUT2D eigenvalue weighted by molar-refractivity contribution is -0.387. The fraction of sp³-hybridized carbons (Fsp3) is 0.500. The molecular formula is C12H15FN2O4S. The highest BCUT2D eigenvalue weighted by molar-refractivity contribution is 7.89. The smallest absolute Gasteiger partial charge is 0.258 e. The van der Waals surface area contributed by atoms with Gasteiger partial charge in [-0.1, -0.05) is 6.92 Å². The third-order valence-electron chi connectivity index (χ3n) is 3.27. The van der Waals surface area contributed by atoms with E-state index in [0.717, 1.165) is 25.0 Å². The summed E-state index contributed by atoms with van der Waals surface area (Å²) in [4.78, 5) is 9.40. The molecule has 8 heteroatoms. The van der Waals surface area contributed by atoms with Crippen molar-refractivity contribution >= 4 is 15.7 Å². The summed E-state index contributed by atoms with van der Waals surface area (Å²) in [6.07, 6.45) is 2.00. The van der Waals surface area contributed by atoms with Crippen molar-refractivity contribution in [3.05, 3.63) is 34.1 Å². The van der Waals surface area contributed by atoms with Gasteiger partial charge in [0, 0.05) is 25.2 Å². The van der Waals surface area contributed by atoms with Crippen molar-refractivity contribution in [2.75, 3.05) is 13.1 Å². The van der Waals surface area contributed by atoms with E-state index >= 15 is 0 Å². The maximum absolute atomic E-state index is 13.5. The van der Waals surface area contributed by atoms with E-state index in [9.17, 15) is 22.9 Å². The van der Waals surface area contributed by atoms with E-state index in [2.05, 4.69) is 0 Å². The van der Waals surface area contributed by atoms with Gasteiger partial charge in [0.25, 0.3) is 0 Å². The summed E-state index contributed by atoms with van der Waals surface area (Å²) in [6, 6.07) is 2.67. The largest absolute Gasteiger partial charge is 0.304 e. The van der Waals surface area contributed by atoms with Crippen molar-refractivity contribution in [3.8, 4) is 0 Å². The van der Waals surface area contributed by atoms with Gasteiger partial charge in [0.05, 0.1) is 9.82 Å². The second-order valence-electron chi connectivity index (χ2n) is 4.77. The number of nitrogens with zero attached hydrogens (tertiary/aromatic N) is 2. The molecule has 1 aliphatic rings. The van der Waals surface area contributed by atoms with Crippen molar-refractivity contribution in [1.29, 1.82) is 0 Å². The van der Waals surface area contributed by atoms with Crippen LogP contribution in [0, 0.1) is 21.8 Å². The molecule has 1 fully saturated rings. The maximum Gasteiger partial charge on any atom is 0.304 e. The molecule has 1 saturated carbocycles. The summed E-state index contributed by atoms with van der Waals surface area (Å²) in [7, 11) is -3.80. The van der Waals surface area contributed by atoms with Gasteiger partial charge in [0.1, 0.15) is 0 Å². The van der Waals surface area contributed by atoms with Gasteiger partial charge in [-0.2, -0.15) is 8.70 Å². The lowest BCUT2D eigenvalue weighted by atomic mass is 10.3. The Hall–Kier alpha value is -1.54. The lowest BCUT2D eigenvalue weighted by Crippen LogP contribution is -2.32. The zero-order valence-corrected chi connectivity index (χ0v) is 11.8. The Morgan fingerprint density at radius 3 is 2.55 bits per heavy atom. The molecule has 0 saturated heterocycles. The first-order chi connectivity index (χ1) is 9.36. The van der Waals surface area contributed by atoms with Gasteiger partial charge in [0.2, 0.25) is 15.8 Å². The molecule has 0 atom stereocenters. The predicted octanol–water partition coefficient (Wildman–Crippen LogP) is 2.15. The van der Waals surface area contributed by atoms with Crippen LogP contribution in [0.1, 0.15) is 19.8 Å². The Bertz CT molecular complexity index is 628. The van der Waals surface area contributed by atoms with Crippen LogP contribution in [0.5, 0.6) is 0 Å². The van der Waals surface area contributed by atoms with Crippen LogP contribution in [0.15, 0.2) is 23.1 Å². The summed E-state index contributed by atoms with van der Waals surface area (Å²) >= 11 is 0. The normalized spacial score (nSPS) is 15.6. The van der Waals surface area contributed by atoms with Crippen molar-refractivity contribution in [2.24, 2.45) is 5.92 Å². The molecule has 1 aliphatic carbocycles. The van der Waals surface area contributed by atoms with Gasteiger partial charge in [-0.25, -0.2) is 8.42 Å². The first-order valence-electron chi connectivity index (χ1n) is 6.30. The fourth-order valence-corrected chi connectivity index (χ4v) is 3.47. The number of sulfonamides is 1. The quantitative estimate of drug-likeness (QED) is 0.595. The number of rotatable bonds is 6. The topological polar surface area (TPSA) is 80.5 Å². The van der Waals surface area contributed by atoms with Gasteiger partial charge in [0.15, 0.2) is 0 Å². The van der Waals surface area contributed by atoms with Crippen LogP contribution >= 0.6 is 0 Å². The maximum atomic E-state index is 13.5. The zero-order valence-electron chi connectivity index (χ0n) is 11.0. The number of nitro benzene ring substituents is 1. The predicted molar refractivity (Wildman–Crippen MR) is 70.2 cm³/mol. The van der Waals surface area contributed by atoms with Gasteiger partial charge < -0.3 is 0 Å². The van der Waals surface area contributed by atoms with Crippen LogP contribution in [0.2, 0.25) is 0 Å². The van der Waals surface area contributed by atoms with Crippen LogP contribution in [-0.4, -0.2) is 30.7 Å². The molecule has 0 unspecified atom stereocenters. The van der Waals surface area contributed by atoms with E-state index in [0.29, 0.717) is 18.5 Å². The lowest BCUT2D eigenvalue weighted by Gasteiger charge is -2.20. The summed E-state index contributed by atoms with van der Waals surface area (Å²) in [6.45, 7) is 2.41. The summed E-state index contributed by atoms with van der Waals surface area (Å²) < 4.78 is 39.5. The van der Waals surface area contributed by atoms with Crippen LogP contribution in [0.25, 0.3) is 0 Å². The molecule has 0 radical (unpaired) electrons. The van der Waals surface area contributed by atoms with E-state index in [1.165, 1.54) is 4.31 Å². The van der Waals surface area contributed by atoms with E-state index in [-0.39, 0.29) is 11.4 Å². The summed E-state index contributed by atoms with van der Waals surface area (Å²) in [5.74, 6) is -0.772. The van der Waals surface area contributed by atoms with Crippen molar-refractivity contribution in [2.45, 2.75) is 24.7 Å². The standard InChI is InChI=1S/C12H15FN2O4S/c1-2-14(8-9-3-4-9)20(18,19)10-5-6-12(15(16)17)11(13)7-10/h5-7,9H,2-4,8H2,1H3. The Balaban J connectivity index is 2.32. The molecular weight excluding hydrogens is 287 g/mol. The summed E-state index contributed by atoms with van der Waals surface area (Å²) in [5.41, 5.74) is -0.728.